The van der Waals surface area contributed by atoms with Crippen molar-refractivity contribution in [2.24, 2.45) is 0 Å². The molecule has 0 fully saturated rings. The minimum Gasteiger partial charge on any atom is -0.759 e. The van der Waals surface area contributed by atoms with Gasteiger partial charge in [0.1, 0.15) is 0 Å². The molecule has 0 radical (unpaired) electrons. The topological polar surface area (TPSA) is 89.5 Å². The molecule has 0 saturated carbocycles. The van der Waals surface area contributed by atoms with Gasteiger partial charge in [0.05, 0.1) is 13.4 Å². The van der Waals surface area contributed by atoms with E-state index in [0.717, 1.165) is 0 Å². The van der Waals surface area contributed by atoms with E-state index in [0.29, 0.717) is 0 Å². The van der Waals surface area contributed by atoms with Crippen LogP contribution in [0.5, 0.6) is 0 Å². The number of hydrogen-bond acceptors (Lipinski definition) is 5. The molecule has 0 unspecified atom stereocenters. The molecule has 0 N–H and O–H groups in total. The van der Waals surface area contributed by atoms with Gasteiger partial charge in [0.25, 0.3) is 0 Å². The summed E-state index contributed by atoms with van der Waals surface area (Å²) in [5.74, 6) is 0. The first-order chi connectivity index (χ1) is 3.91. The summed E-state index contributed by atoms with van der Waals surface area (Å²) >= 11 is 0. The van der Waals surface area contributed by atoms with Crippen LogP contribution in [-0.4, -0.2) is 24.6 Å². The van der Waals surface area contributed by atoms with Gasteiger partial charge in [-0.15, -0.1) is 0 Å². The van der Waals surface area contributed by atoms with E-state index in [4.69, 9.17) is 17.5 Å². The molecule has 0 aromatic rings. The van der Waals surface area contributed by atoms with Crippen LogP contribution in [0.3, 0.4) is 0 Å². The van der Waals surface area contributed by atoms with Gasteiger partial charge in [-0.2, -0.15) is 0 Å². The van der Waals surface area contributed by atoms with Gasteiger partial charge in [-0.3, -0.25) is 8.42 Å². The second-order valence-electron chi connectivity index (χ2n) is 0.811. The predicted molar refractivity (Wildman–Crippen MR) is 27.7 cm³/mol. The van der Waals surface area contributed by atoms with Crippen LogP contribution >= 0.6 is 0 Å². The van der Waals surface area contributed by atoms with E-state index >= 15 is 0 Å². The van der Waals surface area contributed by atoms with Crippen molar-refractivity contribution in [2.75, 3.05) is 7.11 Å². The predicted octanol–water partition coefficient (Wildman–Crippen LogP) is -6.55. The molecule has 0 aromatic heterocycles. The minimum atomic E-state index is -5.17. The Hall–Kier alpha value is 1.41. The fourth-order valence-electron chi connectivity index (χ4n) is 0. The van der Waals surface area contributed by atoms with Crippen LogP contribution in [-0.2, 0) is 15.1 Å². The van der Waals surface area contributed by atoms with E-state index in [9.17, 15) is 0 Å². The Labute approximate surface area is 110 Å². The van der Waals surface area contributed by atoms with Gasteiger partial charge in [-0.1, -0.05) is 6.58 Å². The Bertz CT molecular complexity index is 145. The molecule has 0 aliphatic rings. The Balaban J connectivity index is -0.0000000383. The van der Waals surface area contributed by atoms with Gasteiger partial charge >= 0.3 is 59.1 Å². The van der Waals surface area contributed by atoms with Crippen molar-refractivity contribution < 1.29 is 81.4 Å². The van der Waals surface area contributed by atoms with Crippen LogP contribution in [0.15, 0.2) is 12.8 Å². The van der Waals surface area contributed by atoms with Crippen molar-refractivity contribution in [2.45, 2.75) is 0 Å². The zero-order chi connectivity index (χ0) is 7.91. The molecule has 5 nitrogen and oxygen atoms in total. The Kier molecular flexibility index (Phi) is 29.0. The Morgan fingerprint density at radius 3 is 1.45 bits per heavy atom. The van der Waals surface area contributed by atoms with E-state index in [1.165, 1.54) is 6.26 Å². The molecule has 0 atom stereocenters. The quantitative estimate of drug-likeness (QED) is 0.182. The Morgan fingerprint density at radius 2 is 1.45 bits per heavy atom. The van der Waals surface area contributed by atoms with Gasteiger partial charge in [-0.05, 0) is 0 Å². The van der Waals surface area contributed by atoms with E-state index < -0.39 is 10.4 Å². The summed E-state index contributed by atoms with van der Waals surface area (Å²) in [4.78, 5) is 0. The largest absolute Gasteiger partial charge is 1.00 e. The first kappa shape index (κ1) is 22.8. The SMILES string of the molecule is C=COC.O=S(=O)([O-])[O-].[Na+].[Na+]. The minimum absolute atomic E-state index is 0. The molecular formula is C3H6Na2O5S. The summed E-state index contributed by atoms with van der Waals surface area (Å²) in [6, 6.07) is 0. The molecular weight excluding hydrogens is 194 g/mol. The summed E-state index contributed by atoms with van der Waals surface area (Å²) < 4.78 is 38.4. The molecule has 0 aliphatic carbocycles. The monoisotopic (exact) mass is 200 g/mol. The maximum absolute atomic E-state index is 8.52. The fraction of sp³-hybridized carbons (Fsp3) is 0.333. The van der Waals surface area contributed by atoms with Crippen LogP contribution in [0.1, 0.15) is 0 Å². The average molecular weight is 200 g/mol. The van der Waals surface area contributed by atoms with Crippen molar-refractivity contribution in [1.82, 2.24) is 0 Å². The van der Waals surface area contributed by atoms with E-state index in [-0.39, 0.29) is 59.1 Å². The van der Waals surface area contributed by atoms with Crippen molar-refractivity contribution in [3.63, 3.8) is 0 Å². The van der Waals surface area contributed by atoms with Crippen LogP contribution < -0.4 is 59.1 Å². The smallest absolute Gasteiger partial charge is 0.759 e. The second kappa shape index (κ2) is 14.0. The van der Waals surface area contributed by atoms with Gasteiger partial charge in [-0.25, -0.2) is 0 Å². The standard InChI is InChI=1S/C3H6O.2Na.H2O4S/c1-3-4-2;;;1-5(2,3)4/h3H,1H2,2H3;;;(H2,1,2,3,4)/q;2*+1;/p-2. The summed E-state index contributed by atoms with van der Waals surface area (Å²) in [5.41, 5.74) is 0. The van der Waals surface area contributed by atoms with E-state index in [2.05, 4.69) is 11.3 Å². The number of hydrogen-bond donors (Lipinski definition) is 0. The number of rotatable bonds is 1. The maximum atomic E-state index is 8.52. The van der Waals surface area contributed by atoms with Crippen molar-refractivity contribution in [3.8, 4) is 0 Å². The molecule has 0 aliphatic heterocycles. The van der Waals surface area contributed by atoms with Gasteiger partial charge < -0.3 is 13.8 Å². The van der Waals surface area contributed by atoms with E-state index in [1.54, 1.807) is 7.11 Å². The molecule has 11 heavy (non-hydrogen) atoms. The number of methoxy groups -OCH3 is 1. The summed E-state index contributed by atoms with van der Waals surface area (Å²) in [6.07, 6.45) is 1.38. The van der Waals surface area contributed by atoms with Crippen LogP contribution in [0.25, 0.3) is 0 Å². The summed E-state index contributed by atoms with van der Waals surface area (Å²) in [6.45, 7) is 3.26. The van der Waals surface area contributed by atoms with Crippen LogP contribution in [0.2, 0.25) is 0 Å². The third kappa shape index (κ3) is 174. The molecule has 0 bridgehead atoms. The molecule has 56 valence electrons. The van der Waals surface area contributed by atoms with Gasteiger partial charge in [0.2, 0.25) is 0 Å². The van der Waals surface area contributed by atoms with E-state index in [1.807, 2.05) is 0 Å². The zero-order valence-corrected chi connectivity index (χ0v) is 11.6. The summed E-state index contributed by atoms with van der Waals surface area (Å²) in [5, 5.41) is 0. The van der Waals surface area contributed by atoms with Crippen molar-refractivity contribution >= 4 is 10.4 Å². The molecule has 8 heteroatoms. The second-order valence-corrected chi connectivity index (χ2v) is 1.63. The Morgan fingerprint density at radius 1 is 1.36 bits per heavy atom. The van der Waals surface area contributed by atoms with Gasteiger partial charge in [0, 0.05) is 10.4 Å². The summed E-state index contributed by atoms with van der Waals surface area (Å²) in [7, 11) is -3.60. The third-order valence-electron chi connectivity index (χ3n) is 0.167. The first-order valence-electron chi connectivity index (χ1n) is 1.72. The maximum Gasteiger partial charge on any atom is 1.00 e. The molecule has 0 rings (SSSR count). The fourth-order valence-corrected chi connectivity index (χ4v) is 0. The third-order valence-corrected chi connectivity index (χ3v) is 0.167. The number of ether oxygens (including phenoxy) is 1. The molecule has 0 amide bonds. The first-order valence-corrected chi connectivity index (χ1v) is 3.05. The molecule has 0 aromatic carbocycles. The molecule has 0 spiro atoms. The van der Waals surface area contributed by atoms with Crippen LogP contribution in [0, 0.1) is 0 Å². The van der Waals surface area contributed by atoms with Crippen molar-refractivity contribution in [1.29, 1.82) is 0 Å². The normalized spacial score (nSPS) is 7.18. The van der Waals surface area contributed by atoms with Crippen molar-refractivity contribution in [3.05, 3.63) is 12.8 Å². The zero-order valence-electron chi connectivity index (χ0n) is 6.73. The van der Waals surface area contributed by atoms with Gasteiger partial charge in [0.15, 0.2) is 0 Å². The molecule has 0 saturated heterocycles. The van der Waals surface area contributed by atoms with Crippen LogP contribution in [0.4, 0.5) is 0 Å². The average Bonchev–Trinajstić information content (AvgIpc) is 1.61. The molecule has 0 heterocycles.